The van der Waals surface area contributed by atoms with Crippen LogP contribution in [0.1, 0.15) is 25.9 Å². The van der Waals surface area contributed by atoms with Gasteiger partial charge in [-0.1, -0.05) is 11.6 Å². The van der Waals surface area contributed by atoms with Gasteiger partial charge < -0.3 is 0 Å². The molecule has 2 aromatic rings. The average Bonchev–Trinajstić information content (AvgIpc) is 2.61. The van der Waals surface area contributed by atoms with E-state index in [4.69, 9.17) is 11.6 Å². The number of aromatic nitrogens is 1. The number of carbonyl (C=O) groups excluding carboxylic acids is 1. The number of nitrogens with zero attached hydrogens (tertiary/aromatic N) is 1. The first-order chi connectivity index (χ1) is 8.47. The summed E-state index contributed by atoms with van der Waals surface area (Å²) in [5.41, 5.74) is 1.26. The van der Waals surface area contributed by atoms with Gasteiger partial charge in [0.05, 0.1) is 17.1 Å². The molecule has 0 saturated heterocycles. The number of thiazole rings is 1. The number of aryl methyl sites for hydroxylation is 2. The monoisotopic (exact) mass is 283 g/mol. The number of Topliss-reactive ketones (excluding diaryl/α,β-unsaturated/α-hetero) is 1. The number of ketones is 1. The van der Waals surface area contributed by atoms with Crippen LogP contribution in [0.5, 0.6) is 0 Å². The van der Waals surface area contributed by atoms with Crippen molar-refractivity contribution in [2.75, 3.05) is 0 Å². The maximum Gasteiger partial charge on any atom is 0.169 e. The Morgan fingerprint density at radius 1 is 1.44 bits per heavy atom. The molecule has 0 N–H and O–H groups in total. The van der Waals surface area contributed by atoms with E-state index in [0.717, 1.165) is 21.6 Å². The van der Waals surface area contributed by atoms with E-state index in [0.29, 0.717) is 5.56 Å². The Kier molecular flexibility index (Phi) is 3.78. The summed E-state index contributed by atoms with van der Waals surface area (Å²) in [6, 6.07) is 4.08. The van der Waals surface area contributed by atoms with Gasteiger partial charge in [0, 0.05) is 10.4 Å². The van der Waals surface area contributed by atoms with Crippen LogP contribution in [0.4, 0.5) is 4.39 Å². The van der Waals surface area contributed by atoms with E-state index >= 15 is 0 Å². The van der Waals surface area contributed by atoms with Crippen molar-refractivity contribution in [2.24, 2.45) is 0 Å². The number of benzene rings is 1. The second kappa shape index (κ2) is 5.16. The third kappa shape index (κ3) is 2.76. The van der Waals surface area contributed by atoms with Gasteiger partial charge in [0.2, 0.25) is 0 Å². The van der Waals surface area contributed by atoms with Crippen LogP contribution in [0.2, 0.25) is 5.02 Å². The van der Waals surface area contributed by atoms with Crippen molar-refractivity contribution < 1.29 is 9.18 Å². The molecule has 0 bridgehead atoms. The predicted octanol–water partition coefficient (Wildman–Crippen LogP) is 3.98. The Labute approximate surface area is 113 Å². The summed E-state index contributed by atoms with van der Waals surface area (Å²) in [6.07, 6.45) is 0.195. The van der Waals surface area contributed by atoms with Crippen molar-refractivity contribution in [1.82, 2.24) is 4.98 Å². The summed E-state index contributed by atoms with van der Waals surface area (Å²) < 4.78 is 13.2. The topological polar surface area (TPSA) is 30.0 Å². The molecule has 5 heteroatoms. The molecule has 18 heavy (non-hydrogen) atoms. The molecule has 0 aliphatic rings. The molecule has 0 atom stereocenters. The van der Waals surface area contributed by atoms with Crippen LogP contribution in [-0.2, 0) is 6.42 Å². The maximum atomic E-state index is 13.2. The highest BCUT2D eigenvalue weighted by atomic mass is 35.5. The lowest BCUT2D eigenvalue weighted by molar-refractivity contribution is 0.0992. The van der Waals surface area contributed by atoms with Gasteiger partial charge in [0.1, 0.15) is 10.8 Å². The van der Waals surface area contributed by atoms with Crippen LogP contribution in [0.25, 0.3) is 0 Å². The number of rotatable bonds is 3. The van der Waals surface area contributed by atoms with Crippen LogP contribution in [0.15, 0.2) is 18.2 Å². The average molecular weight is 284 g/mol. The van der Waals surface area contributed by atoms with E-state index in [9.17, 15) is 9.18 Å². The first-order valence-electron chi connectivity index (χ1n) is 5.38. The van der Waals surface area contributed by atoms with Crippen molar-refractivity contribution in [1.29, 1.82) is 0 Å². The standard InChI is InChI=1S/C13H11ClFNOS/c1-7-8(2)18-13(16-7)6-12(17)9-3-4-10(14)11(15)5-9/h3-5H,6H2,1-2H3. The zero-order valence-corrected chi connectivity index (χ0v) is 11.5. The molecule has 0 unspecified atom stereocenters. The Hall–Kier alpha value is -1.26. The molecule has 1 heterocycles. The third-order valence-electron chi connectivity index (χ3n) is 2.63. The third-order valence-corrected chi connectivity index (χ3v) is 4.01. The van der Waals surface area contributed by atoms with E-state index in [1.165, 1.54) is 23.5 Å². The largest absolute Gasteiger partial charge is 0.294 e. The molecule has 0 radical (unpaired) electrons. The Morgan fingerprint density at radius 2 is 2.17 bits per heavy atom. The van der Waals surface area contributed by atoms with Crippen molar-refractivity contribution in [3.8, 4) is 0 Å². The van der Waals surface area contributed by atoms with Gasteiger partial charge in [-0.2, -0.15) is 0 Å². The van der Waals surface area contributed by atoms with E-state index in [1.54, 1.807) is 0 Å². The second-order valence-corrected chi connectivity index (χ2v) is 5.67. The first-order valence-corrected chi connectivity index (χ1v) is 6.58. The quantitative estimate of drug-likeness (QED) is 0.798. The zero-order valence-electron chi connectivity index (χ0n) is 9.96. The van der Waals surface area contributed by atoms with Crippen molar-refractivity contribution in [3.63, 3.8) is 0 Å². The fourth-order valence-corrected chi connectivity index (χ4v) is 2.57. The fourth-order valence-electron chi connectivity index (χ4n) is 1.52. The van der Waals surface area contributed by atoms with Crippen LogP contribution in [0, 0.1) is 19.7 Å². The number of halogens is 2. The molecule has 0 fully saturated rings. The number of hydrogen-bond donors (Lipinski definition) is 0. The zero-order chi connectivity index (χ0) is 13.3. The molecule has 1 aromatic carbocycles. The van der Waals surface area contributed by atoms with Gasteiger partial charge in [-0.05, 0) is 32.0 Å². The summed E-state index contributed by atoms with van der Waals surface area (Å²) in [4.78, 5) is 17.3. The molecule has 2 nitrogen and oxygen atoms in total. The fraction of sp³-hybridized carbons (Fsp3) is 0.231. The van der Waals surface area contributed by atoms with Crippen molar-refractivity contribution in [2.45, 2.75) is 20.3 Å². The molecular formula is C13H11ClFNOS. The van der Waals surface area contributed by atoms with Crippen LogP contribution < -0.4 is 0 Å². The van der Waals surface area contributed by atoms with Gasteiger partial charge in [-0.3, -0.25) is 4.79 Å². The Bertz CT molecular complexity index is 590. The maximum absolute atomic E-state index is 13.2. The van der Waals surface area contributed by atoms with E-state index in [2.05, 4.69) is 4.98 Å². The lowest BCUT2D eigenvalue weighted by atomic mass is 10.1. The second-order valence-electron chi connectivity index (χ2n) is 3.98. The SMILES string of the molecule is Cc1nc(CC(=O)c2ccc(Cl)c(F)c2)sc1C. The van der Waals surface area contributed by atoms with Gasteiger partial charge in [-0.25, -0.2) is 9.37 Å². The van der Waals surface area contributed by atoms with Crippen LogP contribution in [-0.4, -0.2) is 10.8 Å². The minimum absolute atomic E-state index is 0.0208. The highest BCUT2D eigenvalue weighted by Crippen LogP contribution is 2.20. The Balaban J connectivity index is 2.19. The molecular weight excluding hydrogens is 273 g/mol. The normalized spacial score (nSPS) is 10.7. The summed E-state index contributed by atoms with van der Waals surface area (Å²) in [6.45, 7) is 3.87. The highest BCUT2D eigenvalue weighted by molar-refractivity contribution is 7.11. The molecule has 0 aliphatic carbocycles. The smallest absolute Gasteiger partial charge is 0.169 e. The summed E-state index contributed by atoms with van der Waals surface area (Å²) in [7, 11) is 0. The van der Waals surface area contributed by atoms with Gasteiger partial charge in [-0.15, -0.1) is 11.3 Å². The lowest BCUT2D eigenvalue weighted by Crippen LogP contribution is -2.03. The van der Waals surface area contributed by atoms with Crippen molar-refractivity contribution >= 4 is 28.7 Å². The predicted molar refractivity (Wildman–Crippen MR) is 71.0 cm³/mol. The summed E-state index contributed by atoms with van der Waals surface area (Å²) in [5.74, 6) is -0.728. The first kappa shape index (κ1) is 13.2. The number of hydrogen-bond acceptors (Lipinski definition) is 3. The van der Waals surface area contributed by atoms with Crippen molar-refractivity contribution in [3.05, 3.63) is 50.2 Å². The van der Waals surface area contributed by atoms with Gasteiger partial charge >= 0.3 is 0 Å². The summed E-state index contributed by atoms with van der Waals surface area (Å²) >= 11 is 7.07. The molecule has 1 aromatic heterocycles. The van der Waals surface area contributed by atoms with E-state index in [1.807, 2.05) is 13.8 Å². The minimum Gasteiger partial charge on any atom is -0.294 e. The Morgan fingerprint density at radius 3 is 2.72 bits per heavy atom. The van der Waals surface area contributed by atoms with Gasteiger partial charge in [0.15, 0.2) is 5.78 Å². The molecule has 0 aliphatic heterocycles. The molecule has 0 amide bonds. The highest BCUT2D eigenvalue weighted by Gasteiger charge is 2.13. The molecule has 0 spiro atoms. The molecule has 0 saturated carbocycles. The van der Waals surface area contributed by atoms with Gasteiger partial charge in [0.25, 0.3) is 0 Å². The van der Waals surface area contributed by atoms with E-state index < -0.39 is 5.82 Å². The lowest BCUT2D eigenvalue weighted by Gasteiger charge is -2.00. The summed E-state index contributed by atoms with van der Waals surface area (Å²) in [5, 5.41) is 0.776. The minimum atomic E-state index is -0.575. The molecule has 2 rings (SSSR count). The van der Waals surface area contributed by atoms with Crippen LogP contribution >= 0.6 is 22.9 Å². The van der Waals surface area contributed by atoms with E-state index in [-0.39, 0.29) is 17.2 Å². The van der Waals surface area contributed by atoms with Crippen LogP contribution in [0.3, 0.4) is 0 Å². The molecule has 94 valence electrons. The number of carbonyl (C=O) groups is 1.